The van der Waals surface area contributed by atoms with Crippen LogP contribution in [-0.2, 0) is 14.8 Å². The van der Waals surface area contributed by atoms with Gasteiger partial charge in [-0.05, 0) is 84.7 Å². The molecule has 3 aromatic carbocycles. The van der Waals surface area contributed by atoms with Gasteiger partial charge in [0.05, 0.1) is 9.60 Å². The van der Waals surface area contributed by atoms with Crippen molar-refractivity contribution in [2.24, 2.45) is 0 Å². The lowest BCUT2D eigenvalue weighted by atomic mass is 10.2. The van der Waals surface area contributed by atoms with Crippen LogP contribution in [0.25, 0.3) is 10.1 Å². The van der Waals surface area contributed by atoms with Crippen LogP contribution in [0.2, 0.25) is 0 Å². The number of fused-ring (bicyclic) bond motifs is 1. The zero-order chi connectivity index (χ0) is 22.7. The Labute approximate surface area is 188 Å². The molecule has 32 heavy (non-hydrogen) atoms. The first-order valence-electron chi connectivity index (χ1n) is 9.46. The van der Waals surface area contributed by atoms with Crippen LogP contribution in [-0.4, -0.2) is 25.3 Å². The largest absolute Gasteiger partial charge is 0.483 e. The number of aromatic nitrogens is 1. The fraction of sp³-hybridized carbons (Fsp3) is 0.0909. The average Bonchev–Trinajstić information content (AvgIpc) is 3.22. The minimum Gasteiger partial charge on any atom is -0.483 e. The molecule has 4 rings (SSSR count). The number of aryl methyl sites for hydroxylation is 1. The standard InChI is InChI=1S/C22H18FN3O4S2/c1-14-10-19(32(28,29)26-17-4-2-16(23)3-5-17)7-8-20(14)30-13-22(27)25-18-6-9-21-15(11-18)12-24-31-21/h2-12,26H,13H2,1H3,(H,25,27). The van der Waals surface area contributed by atoms with Gasteiger partial charge >= 0.3 is 0 Å². The number of hydrogen-bond acceptors (Lipinski definition) is 6. The van der Waals surface area contributed by atoms with E-state index in [1.54, 1.807) is 19.2 Å². The fourth-order valence-corrected chi connectivity index (χ4v) is 4.74. The number of amides is 1. The molecule has 0 saturated heterocycles. The summed E-state index contributed by atoms with van der Waals surface area (Å²) in [7, 11) is -3.86. The Kier molecular flexibility index (Phi) is 6.06. The maximum absolute atomic E-state index is 13.0. The lowest BCUT2D eigenvalue weighted by Crippen LogP contribution is -2.20. The van der Waals surface area contributed by atoms with Crippen LogP contribution in [0.3, 0.4) is 0 Å². The third-order valence-corrected chi connectivity index (χ3v) is 6.71. The number of nitrogens with zero attached hydrogens (tertiary/aromatic N) is 1. The summed E-state index contributed by atoms with van der Waals surface area (Å²) in [6.45, 7) is 1.45. The summed E-state index contributed by atoms with van der Waals surface area (Å²) >= 11 is 1.38. The Bertz CT molecular complexity index is 1390. The van der Waals surface area contributed by atoms with Crippen molar-refractivity contribution in [1.29, 1.82) is 0 Å². The molecule has 0 aliphatic carbocycles. The molecule has 1 aromatic heterocycles. The third-order valence-electron chi connectivity index (χ3n) is 4.55. The van der Waals surface area contributed by atoms with E-state index in [1.165, 1.54) is 54.0 Å². The predicted octanol–water partition coefficient (Wildman–Crippen LogP) is 4.56. The molecule has 0 unspecified atom stereocenters. The third kappa shape index (κ3) is 5.04. The highest BCUT2D eigenvalue weighted by molar-refractivity contribution is 7.92. The maximum Gasteiger partial charge on any atom is 0.262 e. The van der Waals surface area contributed by atoms with Crippen molar-refractivity contribution in [3.8, 4) is 5.75 Å². The minimum atomic E-state index is -3.86. The van der Waals surface area contributed by atoms with Gasteiger partial charge in [0.15, 0.2) is 6.61 Å². The molecule has 0 spiro atoms. The first-order valence-corrected chi connectivity index (χ1v) is 11.7. The Morgan fingerprint density at radius 3 is 2.56 bits per heavy atom. The fourth-order valence-electron chi connectivity index (χ4n) is 2.97. The molecule has 4 aromatic rings. The molecule has 1 amide bonds. The number of hydrogen-bond donors (Lipinski definition) is 2. The second-order valence-corrected chi connectivity index (χ2v) is 9.47. The van der Waals surface area contributed by atoms with E-state index < -0.39 is 15.8 Å². The number of sulfonamides is 1. The molecule has 0 saturated carbocycles. The van der Waals surface area contributed by atoms with Gasteiger partial charge in [0.1, 0.15) is 11.6 Å². The van der Waals surface area contributed by atoms with E-state index in [2.05, 4.69) is 14.4 Å². The van der Waals surface area contributed by atoms with Crippen LogP contribution >= 0.6 is 11.5 Å². The molecule has 0 atom stereocenters. The molecule has 7 nitrogen and oxygen atoms in total. The Balaban J connectivity index is 1.39. The van der Waals surface area contributed by atoms with Gasteiger partial charge in [0.2, 0.25) is 0 Å². The van der Waals surface area contributed by atoms with Gasteiger partial charge in [-0.1, -0.05) is 0 Å². The predicted molar refractivity (Wildman–Crippen MR) is 122 cm³/mol. The molecule has 0 aliphatic rings. The number of benzene rings is 3. The second-order valence-electron chi connectivity index (χ2n) is 6.95. The summed E-state index contributed by atoms with van der Waals surface area (Å²) in [5, 5.41) is 3.70. The van der Waals surface area contributed by atoms with E-state index in [4.69, 9.17) is 4.74 Å². The zero-order valence-electron chi connectivity index (χ0n) is 16.8. The highest BCUT2D eigenvalue weighted by Gasteiger charge is 2.16. The summed E-state index contributed by atoms with van der Waals surface area (Å²) in [4.78, 5) is 12.3. The summed E-state index contributed by atoms with van der Waals surface area (Å²) in [6, 6.07) is 14.8. The van der Waals surface area contributed by atoms with Crippen molar-refractivity contribution in [2.45, 2.75) is 11.8 Å². The van der Waals surface area contributed by atoms with Crippen LogP contribution < -0.4 is 14.8 Å². The summed E-state index contributed by atoms with van der Waals surface area (Å²) in [5.41, 5.74) is 1.43. The van der Waals surface area contributed by atoms with Gasteiger partial charge in [-0.15, -0.1) is 0 Å². The number of carbonyl (C=O) groups excluding carboxylic acids is 1. The van der Waals surface area contributed by atoms with Gasteiger partial charge in [0, 0.05) is 23.0 Å². The van der Waals surface area contributed by atoms with E-state index >= 15 is 0 Å². The number of halogens is 1. The van der Waals surface area contributed by atoms with Crippen molar-refractivity contribution in [3.63, 3.8) is 0 Å². The van der Waals surface area contributed by atoms with E-state index in [-0.39, 0.29) is 23.1 Å². The van der Waals surface area contributed by atoms with Gasteiger partial charge < -0.3 is 10.1 Å². The molecule has 1 heterocycles. The summed E-state index contributed by atoms with van der Waals surface area (Å²) in [5.74, 6) is -0.418. The highest BCUT2D eigenvalue weighted by atomic mass is 32.2. The van der Waals surface area contributed by atoms with Crippen molar-refractivity contribution >= 4 is 48.9 Å². The topological polar surface area (TPSA) is 97.4 Å². The van der Waals surface area contributed by atoms with E-state index in [0.29, 0.717) is 17.0 Å². The number of anilines is 2. The summed E-state index contributed by atoms with van der Waals surface area (Å²) < 4.78 is 51.3. The maximum atomic E-state index is 13.0. The van der Waals surface area contributed by atoms with Crippen LogP contribution in [0.5, 0.6) is 5.75 Å². The molecule has 164 valence electrons. The molecule has 0 radical (unpaired) electrons. The molecular weight excluding hydrogens is 453 g/mol. The van der Waals surface area contributed by atoms with Crippen molar-refractivity contribution in [1.82, 2.24) is 4.37 Å². The van der Waals surface area contributed by atoms with Crippen LogP contribution in [0.15, 0.2) is 71.8 Å². The molecule has 0 aliphatic heterocycles. The number of nitrogens with one attached hydrogen (secondary N) is 2. The minimum absolute atomic E-state index is 0.0220. The molecule has 10 heteroatoms. The molecule has 2 N–H and O–H groups in total. The first kappa shape index (κ1) is 21.7. The van der Waals surface area contributed by atoms with Crippen LogP contribution in [0.4, 0.5) is 15.8 Å². The normalized spacial score (nSPS) is 11.3. The SMILES string of the molecule is Cc1cc(S(=O)(=O)Nc2ccc(F)cc2)ccc1OCC(=O)Nc1ccc2sncc2c1. The van der Waals surface area contributed by atoms with Crippen molar-refractivity contribution < 1.29 is 22.3 Å². The average molecular weight is 472 g/mol. The molecule has 0 fully saturated rings. The lowest BCUT2D eigenvalue weighted by molar-refractivity contribution is -0.118. The summed E-state index contributed by atoms with van der Waals surface area (Å²) in [6.07, 6.45) is 1.73. The number of ether oxygens (including phenoxy) is 1. The number of carbonyl (C=O) groups is 1. The molecule has 0 bridgehead atoms. The Morgan fingerprint density at radius 1 is 1.06 bits per heavy atom. The quantitative estimate of drug-likeness (QED) is 0.412. The van der Waals surface area contributed by atoms with Gasteiger partial charge in [0.25, 0.3) is 15.9 Å². The van der Waals surface area contributed by atoms with Crippen molar-refractivity contribution in [3.05, 3.63) is 78.2 Å². The highest BCUT2D eigenvalue weighted by Crippen LogP contribution is 2.24. The lowest BCUT2D eigenvalue weighted by Gasteiger charge is -2.12. The number of rotatable bonds is 7. The van der Waals surface area contributed by atoms with E-state index in [1.807, 2.05) is 12.1 Å². The van der Waals surface area contributed by atoms with Crippen LogP contribution in [0, 0.1) is 12.7 Å². The second kappa shape index (κ2) is 8.93. The monoisotopic (exact) mass is 471 g/mol. The smallest absolute Gasteiger partial charge is 0.262 e. The van der Waals surface area contributed by atoms with Crippen molar-refractivity contribution in [2.75, 3.05) is 16.6 Å². The van der Waals surface area contributed by atoms with E-state index in [9.17, 15) is 17.6 Å². The van der Waals surface area contributed by atoms with Gasteiger partial charge in [-0.2, -0.15) is 4.37 Å². The van der Waals surface area contributed by atoms with Crippen LogP contribution in [0.1, 0.15) is 5.56 Å². The zero-order valence-corrected chi connectivity index (χ0v) is 18.5. The van der Waals surface area contributed by atoms with Gasteiger partial charge in [-0.25, -0.2) is 12.8 Å². The Morgan fingerprint density at radius 2 is 1.81 bits per heavy atom. The Hall–Kier alpha value is -3.50. The first-order chi connectivity index (χ1) is 15.3. The van der Waals surface area contributed by atoms with E-state index in [0.717, 1.165) is 10.1 Å². The molecular formula is C22H18FN3O4S2. The van der Waals surface area contributed by atoms with Gasteiger partial charge in [-0.3, -0.25) is 9.52 Å².